The molecule has 0 fully saturated rings. The standard InChI is InChI=1S/K.H3N.H2O3S.H/c;;1-4(2)3;/h;1H3;(H2,1,2,3);/q+1;;;-1. The molecule has 0 aromatic heterocycles. The molecule has 6 heavy (non-hydrogen) atoms. The van der Waals surface area contributed by atoms with Crippen LogP contribution in [0.2, 0.25) is 0 Å². The predicted molar refractivity (Wildman–Crippen MR) is 19.5 cm³/mol. The van der Waals surface area contributed by atoms with Crippen LogP contribution in [0.1, 0.15) is 1.43 Å². The van der Waals surface area contributed by atoms with Crippen molar-refractivity contribution >= 4 is 11.4 Å². The minimum absolute atomic E-state index is 0. The van der Waals surface area contributed by atoms with Crippen LogP contribution in [0.5, 0.6) is 0 Å². The second-order valence-electron chi connectivity index (χ2n) is 0.231. The molecule has 0 saturated heterocycles. The molecule has 4 nitrogen and oxygen atoms in total. The molecule has 0 spiro atoms. The van der Waals surface area contributed by atoms with Gasteiger partial charge in [-0.3, -0.25) is 9.11 Å². The van der Waals surface area contributed by atoms with Crippen LogP contribution in [0.15, 0.2) is 0 Å². The Balaban J connectivity index is -0.0000000150. The normalized spacial score (nSPS) is 5.83. The summed E-state index contributed by atoms with van der Waals surface area (Å²) in [6.07, 6.45) is 0. The van der Waals surface area contributed by atoms with Crippen LogP contribution in [-0.2, 0) is 11.4 Å². The molecule has 0 bridgehead atoms. The van der Waals surface area contributed by atoms with Gasteiger partial charge in [-0.05, 0) is 0 Å². The molecule has 0 aliphatic rings. The molecule has 36 valence electrons. The van der Waals surface area contributed by atoms with Gasteiger partial charge in [0.1, 0.15) is 0 Å². The zero-order valence-corrected chi connectivity index (χ0v) is 7.36. The Morgan fingerprint density at radius 3 is 1.50 bits per heavy atom. The summed E-state index contributed by atoms with van der Waals surface area (Å²) < 4.78 is 22.8. The smallest absolute Gasteiger partial charge is 1.00 e. The van der Waals surface area contributed by atoms with Gasteiger partial charge in [0.25, 0.3) is 11.4 Å². The minimum atomic E-state index is -2.61. The van der Waals surface area contributed by atoms with Crippen LogP contribution in [0.3, 0.4) is 0 Å². The Hall–Kier alpha value is 1.67. The molecular weight excluding hydrogens is 133 g/mol. The monoisotopic (exact) mass is 139 g/mol. The molecule has 5 N–H and O–H groups in total. The SMILES string of the molecule is N.O=S(O)O.[H-].[K+]. The van der Waals surface area contributed by atoms with E-state index in [1.165, 1.54) is 0 Å². The molecule has 0 saturated carbocycles. The third kappa shape index (κ3) is 44.4. The molecule has 0 heterocycles. The van der Waals surface area contributed by atoms with Gasteiger partial charge in [-0.25, -0.2) is 0 Å². The summed E-state index contributed by atoms with van der Waals surface area (Å²) in [4.78, 5) is 0. The third-order valence-electron chi connectivity index (χ3n) is 0. The zero-order valence-electron chi connectivity index (χ0n) is 4.42. The summed E-state index contributed by atoms with van der Waals surface area (Å²) in [7, 11) is 0. The van der Waals surface area contributed by atoms with Crippen LogP contribution in [0.25, 0.3) is 0 Å². The summed E-state index contributed by atoms with van der Waals surface area (Å²) in [5.41, 5.74) is 0. The largest absolute Gasteiger partial charge is 1.00 e. The van der Waals surface area contributed by atoms with Gasteiger partial charge in [0.05, 0.1) is 0 Å². The molecule has 0 amide bonds. The molecule has 0 rings (SSSR count). The summed E-state index contributed by atoms with van der Waals surface area (Å²) in [5.74, 6) is 0. The van der Waals surface area contributed by atoms with Gasteiger partial charge in [-0.2, -0.15) is 4.21 Å². The summed E-state index contributed by atoms with van der Waals surface area (Å²) in [5, 5.41) is 0. The topological polar surface area (TPSA) is 92.5 Å². The second-order valence-corrected chi connectivity index (χ2v) is 0.692. The molecule has 0 unspecified atom stereocenters. The van der Waals surface area contributed by atoms with Gasteiger partial charge in [0, 0.05) is 0 Å². The Morgan fingerprint density at radius 1 is 1.50 bits per heavy atom. The van der Waals surface area contributed by atoms with E-state index in [9.17, 15) is 0 Å². The molecule has 0 aromatic carbocycles. The Kier molecular flexibility index (Phi) is 25.6. The fourth-order valence-electron chi connectivity index (χ4n) is 0. The van der Waals surface area contributed by atoms with Gasteiger partial charge in [-0.1, -0.05) is 0 Å². The average Bonchev–Trinajstić information content (AvgIpc) is 0.811. The van der Waals surface area contributed by atoms with Crippen molar-refractivity contribution in [1.29, 1.82) is 0 Å². The average molecular weight is 139 g/mol. The zero-order chi connectivity index (χ0) is 3.58. The quantitative estimate of drug-likeness (QED) is 0.246. The van der Waals surface area contributed by atoms with E-state index < -0.39 is 11.4 Å². The summed E-state index contributed by atoms with van der Waals surface area (Å²) in [6, 6.07) is 0. The van der Waals surface area contributed by atoms with E-state index in [2.05, 4.69) is 0 Å². The first-order valence-electron chi connectivity index (χ1n) is 0.532. The van der Waals surface area contributed by atoms with Crippen LogP contribution >= 0.6 is 0 Å². The van der Waals surface area contributed by atoms with Crippen LogP contribution in [-0.4, -0.2) is 13.3 Å². The van der Waals surface area contributed by atoms with Crippen molar-refractivity contribution < 1.29 is 66.1 Å². The van der Waals surface area contributed by atoms with Crippen LogP contribution in [0.4, 0.5) is 0 Å². The van der Waals surface area contributed by atoms with E-state index in [0.717, 1.165) is 0 Å². The molecule has 0 aliphatic carbocycles. The summed E-state index contributed by atoms with van der Waals surface area (Å²) >= 11 is -2.61. The number of rotatable bonds is 0. The predicted octanol–water partition coefficient (Wildman–Crippen LogP) is -3.04. The van der Waals surface area contributed by atoms with Crippen molar-refractivity contribution in [2.75, 3.05) is 0 Å². The molecular formula is H6KNO3S. The van der Waals surface area contributed by atoms with Crippen molar-refractivity contribution in [2.45, 2.75) is 0 Å². The van der Waals surface area contributed by atoms with Crippen molar-refractivity contribution in [1.82, 2.24) is 6.15 Å². The maximum Gasteiger partial charge on any atom is 1.00 e. The summed E-state index contributed by atoms with van der Waals surface area (Å²) in [6.45, 7) is 0. The first kappa shape index (κ1) is 15.6. The van der Waals surface area contributed by atoms with E-state index in [1.807, 2.05) is 0 Å². The first-order chi connectivity index (χ1) is 1.73. The van der Waals surface area contributed by atoms with E-state index >= 15 is 0 Å². The fraction of sp³-hybridized carbons (Fsp3) is 0. The van der Waals surface area contributed by atoms with Crippen molar-refractivity contribution in [3.63, 3.8) is 0 Å². The van der Waals surface area contributed by atoms with E-state index in [-0.39, 0.29) is 59.0 Å². The number of hydrogen-bond donors (Lipinski definition) is 3. The molecule has 0 aromatic rings. The third-order valence-corrected chi connectivity index (χ3v) is 0. The Labute approximate surface area is 82.3 Å². The maximum absolute atomic E-state index is 8.67. The minimum Gasteiger partial charge on any atom is -1.00 e. The van der Waals surface area contributed by atoms with Gasteiger partial charge >= 0.3 is 51.4 Å². The second kappa shape index (κ2) is 9.83. The Morgan fingerprint density at radius 2 is 1.50 bits per heavy atom. The van der Waals surface area contributed by atoms with Gasteiger partial charge in [0.15, 0.2) is 0 Å². The van der Waals surface area contributed by atoms with E-state index in [4.69, 9.17) is 13.3 Å². The van der Waals surface area contributed by atoms with Gasteiger partial charge in [-0.15, -0.1) is 0 Å². The first-order valence-corrected chi connectivity index (χ1v) is 1.60. The van der Waals surface area contributed by atoms with Crippen molar-refractivity contribution in [2.24, 2.45) is 0 Å². The van der Waals surface area contributed by atoms with E-state index in [0.29, 0.717) is 0 Å². The molecule has 6 heteroatoms. The van der Waals surface area contributed by atoms with E-state index in [1.54, 1.807) is 0 Å². The molecule has 0 atom stereocenters. The van der Waals surface area contributed by atoms with Crippen LogP contribution in [0, 0.1) is 0 Å². The Bertz CT molecular complexity index is 37.9. The maximum atomic E-state index is 8.67. The molecule has 0 radical (unpaired) electrons. The van der Waals surface area contributed by atoms with Gasteiger partial charge < -0.3 is 7.58 Å². The van der Waals surface area contributed by atoms with Crippen molar-refractivity contribution in [3.8, 4) is 0 Å². The van der Waals surface area contributed by atoms with Crippen molar-refractivity contribution in [3.05, 3.63) is 0 Å². The van der Waals surface area contributed by atoms with Gasteiger partial charge in [0.2, 0.25) is 0 Å². The van der Waals surface area contributed by atoms with Crippen LogP contribution < -0.4 is 57.5 Å². The fourth-order valence-corrected chi connectivity index (χ4v) is 0. The molecule has 0 aliphatic heterocycles. The number of hydrogen-bond acceptors (Lipinski definition) is 2.